The van der Waals surface area contributed by atoms with E-state index in [9.17, 15) is 4.79 Å². The number of likely N-dealkylation sites (tertiary alicyclic amines) is 1. The average Bonchev–Trinajstić information content (AvgIpc) is 2.85. The summed E-state index contributed by atoms with van der Waals surface area (Å²) in [6, 6.07) is 6.27. The van der Waals surface area contributed by atoms with Gasteiger partial charge < -0.3 is 10.2 Å². The summed E-state index contributed by atoms with van der Waals surface area (Å²) in [6.07, 6.45) is 2.30. The molecule has 0 unspecified atom stereocenters. The first-order valence-corrected chi connectivity index (χ1v) is 7.19. The molecule has 0 saturated carbocycles. The molecular formula is C14H19BrN2O. The Kier molecular flexibility index (Phi) is 4.78. The van der Waals surface area contributed by atoms with Crippen LogP contribution in [0.4, 0.5) is 0 Å². The molecule has 0 aliphatic carbocycles. The number of hydrogen-bond acceptors (Lipinski definition) is 2. The van der Waals surface area contributed by atoms with Gasteiger partial charge in [0.15, 0.2) is 0 Å². The van der Waals surface area contributed by atoms with Crippen molar-refractivity contribution in [2.75, 3.05) is 19.6 Å². The molecule has 1 fully saturated rings. The van der Waals surface area contributed by atoms with Gasteiger partial charge in [-0.2, -0.15) is 0 Å². The molecule has 1 heterocycles. The van der Waals surface area contributed by atoms with E-state index in [-0.39, 0.29) is 5.91 Å². The zero-order chi connectivity index (χ0) is 13.0. The lowest BCUT2D eigenvalue weighted by Gasteiger charge is -2.15. The third-order valence-corrected chi connectivity index (χ3v) is 4.00. The molecule has 2 rings (SSSR count). The Labute approximate surface area is 117 Å². The lowest BCUT2D eigenvalue weighted by atomic mass is 10.1. The summed E-state index contributed by atoms with van der Waals surface area (Å²) in [5.74, 6) is 0.218. The number of nitrogens with one attached hydrogen (secondary N) is 1. The van der Waals surface area contributed by atoms with E-state index in [0.717, 1.165) is 36.9 Å². The number of carbonyl (C=O) groups excluding carboxylic acids is 1. The van der Waals surface area contributed by atoms with E-state index in [4.69, 9.17) is 0 Å². The third-order valence-electron chi connectivity index (χ3n) is 3.26. The quantitative estimate of drug-likeness (QED) is 0.926. The van der Waals surface area contributed by atoms with E-state index in [0.29, 0.717) is 6.54 Å². The second-order valence-electron chi connectivity index (χ2n) is 4.79. The molecule has 0 spiro atoms. The molecular weight excluding hydrogens is 292 g/mol. The second kappa shape index (κ2) is 6.34. The number of amides is 1. The molecule has 1 aromatic rings. The van der Waals surface area contributed by atoms with Crippen molar-refractivity contribution in [2.24, 2.45) is 0 Å². The summed E-state index contributed by atoms with van der Waals surface area (Å²) in [5.41, 5.74) is 2.42. The SMILES string of the molecule is Cc1ccc(CNCC(=O)N2CCCC2)c(Br)c1. The van der Waals surface area contributed by atoms with Crippen LogP contribution in [0.15, 0.2) is 22.7 Å². The topological polar surface area (TPSA) is 32.3 Å². The number of carbonyl (C=O) groups is 1. The predicted molar refractivity (Wildman–Crippen MR) is 76.4 cm³/mol. The van der Waals surface area contributed by atoms with Gasteiger partial charge in [-0.3, -0.25) is 4.79 Å². The highest BCUT2D eigenvalue weighted by Crippen LogP contribution is 2.18. The zero-order valence-electron chi connectivity index (χ0n) is 10.7. The minimum Gasteiger partial charge on any atom is -0.342 e. The van der Waals surface area contributed by atoms with Crippen LogP contribution in [-0.2, 0) is 11.3 Å². The predicted octanol–water partition coefficient (Wildman–Crippen LogP) is 2.47. The fraction of sp³-hybridized carbons (Fsp3) is 0.500. The average molecular weight is 311 g/mol. The molecule has 0 aromatic heterocycles. The Hall–Kier alpha value is -0.870. The highest BCUT2D eigenvalue weighted by Gasteiger charge is 2.16. The summed E-state index contributed by atoms with van der Waals surface area (Å²) >= 11 is 3.55. The number of benzene rings is 1. The molecule has 0 atom stereocenters. The standard InChI is InChI=1S/C14H19BrN2O/c1-11-4-5-12(13(15)8-11)9-16-10-14(18)17-6-2-3-7-17/h4-5,8,16H,2-3,6-7,9-10H2,1H3. The van der Waals surface area contributed by atoms with Gasteiger partial charge in [0.1, 0.15) is 0 Å². The molecule has 18 heavy (non-hydrogen) atoms. The van der Waals surface area contributed by atoms with Gasteiger partial charge in [0.05, 0.1) is 6.54 Å². The van der Waals surface area contributed by atoms with Gasteiger partial charge in [-0.15, -0.1) is 0 Å². The number of aryl methyl sites for hydroxylation is 1. The van der Waals surface area contributed by atoms with Gasteiger partial charge >= 0.3 is 0 Å². The van der Waals surface area contributed by atoms with Crippen molar-refractivity contribution in [3.8, 4) is 0 Å². The molecule has 1 aliphatic rings. The molecule has 1 N–H and O–H groups in total. The van der Waals surface area contributed by atoms with E-state index in [1.165, 1.54) is 11.1 Å². The van der Waals surface area contributed by atoms with Crippen LogP contribution in [0.5, 0.6) is 0 Å². The Bertz CT molecular complexity index is 428. The maximum absolute atomic E-state index is 11.8. The number of nitrogens with zero attached hydrogens (tertiary/aromatic N) is 1. The van der Waals surface area contributed by atoms with Crippen LogP contribution < -0.4 is 5.32 Å². The number of rotatable bonds is 4. The van der Waals surface area contributed by atoms with Gasteiger partial charge in [0, 0.05) is 24.1 Å². The fourth-order valence-electron chi connectivity index (χ4n) is 2.18. The largest absolute Gasteiger partial charge is 0.342 e. The first-order valence-electron chi connectivity index (χ1n) is 6.40. The van der Waals surface area contributed by atoms with E-state index in [2.05, 4.69) is 46.4 Å². The highest BCUT2D eigenvalue weighted by molar-refractivity contribution is 9.10. The van der Waals surface area contributed by atoms with E-state index >= 15 is 0 Å². The first-order chi connectivity index (χ1) is 8.66. The summed E-state index contributed by atoms with van der Waals surface area (Å²) in [4.78, 5) is 13.8. The van der Waals surface area contributed by atoms with Crippen molar-refractivity contribution in [1.29, 1.82) is 0 Å². The van der Waals surface area contributed by atoms with Crippen LogP contribution in [0.25, 0.3) is 0 Å². The third kappa shape index (κ3) is 3.56. The number of halogens is 1. The maximum Gasteiger partial charge on any atom is 0.236 e. The Morgan fingerprint density at radius 1 is 1.39 bits per heavy atom. The molecule has 0 radical (unpaired) electrons. The normalized spacial score (nSPS) is 15.1. The van der Waals surface area contributed by atoms with Crippen molar-refractivity contribution in [3.63, 3.8) is 0 Å². The minimum atomic E-state index is 0.218. The minimum absolute atomic E-state index is 0.218. The molecule has 1 aliphatic heterocycles. The molecule has 1 amide bonds. The summed E-state index contributed by atoms with van der Waals surface area (Å²) < 4.78 is 1.10. The molecule has 3 nitrogen and oxygen atoms in total. The van der Waals surface area contributed by atoms with Crippen molar-refractivity contribution in [1.82, 2.24) is 10.2 Å². The zero-order valence-corrected chi connectivity index (χ0v) is 12.3. The molecule has 1 aromatic carbocycles. The van der Waals surface area contributed by atoms with E-state index < -0.39 is 0 Å². The molecule has 0 bridgehead atoms. The summed E-state index contributed by atoms with van der Waals surface area (Å²) in [6.45, 7) is 5.07. The number of hydrogen-bond donors (Lipinski definition) is 1. The van der Waals surface area contributed by atoms with Gasteiger partial charge in [0.2, 0.25) is 5.91 Å². The Balaban J connectivity index is 1.79. The molecule has 4 heteroatoms. The second-order valence-corrected chi connectivity index (χ2v) is 5.64. The lowest BCUT2D eigenvalue weighted by molar-refractivity contribution is -0.129. The summed E-state index contributed by atoms with van der Waals surface area (Å²) in [7, 11) is 0. The Morgan fingerprint density at radius 3 is 2.78 bits per heavy atom. The van der Waals surface area contributed by atoms with Crippen molar-refractivity contribution in [3.05, 3.63) is 33.8 Å². The van der Waals surface area contributed by atoms with Crippen LogP contribution in [0.3, 0.4) is 0 Å². The van der Waals surface area contributed by atoms with Crippen LogP contribution in [0, 0.1) is 6.92 Å². The van der Waals surface area contributed by atoms with Crippen LogP contribution in [-0.4, -0.2) is 30.4 Å². The van der Waals surface area contributed by atoms with Gasteiger partial charge in [0.25, 0.3) is 0 Å². The summed E-state index contributed by atoms with van der Waals surface area (Å²) in [5, 5.41) is 3.22. The maximum atomic E-state index is 11.8. The van der Waals surface area contributed by atoms with Crippen molar-refractivity contribution < 1.29 is 4.79 Å². The Morgan fingerprint density at radius 2 is 2.11 bits per heavy atom. The smallest absolute Gasteiger partial charge is 0.236 e. The molecule has 1 saturated heterocycles. The van der Waals surface area contributed by atoms with E-state index in [1.54, 1.807) is 0 Å². The highest BCUT2D eigenvalue weighted by atomic mass is 79.9. The van der Waals surface area contributed by atoms with Crippen molar-refractivity contribution in [2.45, 2.75) is 26.3 Å². The lowest BCUT2D eigenvalue weighted by Crippen LogP contribution is -2.36. The van der Waals surface area contributed by atoms with Crippen LogP contribution in [0.2, 0.25) is 0 Å². The first kappa shape index (κ1) is 13.6. The monoisotopic (exact) mass is 310 g/mol. The van der Waals surface area contributed by atoms with Gasteiger partial charge in [-0.25, -0.2) is 0 Å². The van der Waals surface area contributed by atoms with Crippen LogP contribution in [0.1, 0.15) is 24.0 Å². The molecule has 98 valence electrons. The van der Waals surface area contributed by atoms with E-state index in [1.807, 2.05) is 4.90 Å². The van der Waals surface area contributed by atoms with Crippen molar-refractivity contribution >= 4 is 21.8 Å². The van der Waals surface area contributed by atoms with Crippen LogP contribution >= 0.6 is 15.9 Å². The van der Waals surface area contributed by atoms with Gasteiger partial charge in [-0.05, 0) is 37.0 Å². The van der Waals surface area contributed by atoms with Gasteiger partial charge in [-0.1, -0.05) is 28.1 Å². The fourth-order valence-corrected chi connectivity index (χ4v) is 2.81.